The Kier molecular flexibility index (Phi) is 5.04. The number of piperidine rings is 1. The molecule has 1 aliphatic heterocycles. The molecule has 0 amide bonds. The van der Waals surface area contributed by atoms with Crippen LogP contribution in [0.5, 0.6) is 0 Å². The Bertz CT molecular complexity index is 855. The van der Waals surface area contributed by atoms with E-state index in [2.05, 4.69) is 22.0 Å². The number of thioether (sulfide) groups is 1. The minimum Gasteiger partial charge on any atom is -0.319 e. The minimum absolute atomic E-state index is 0.125. The van der Waals surface area contributed by atoms with E-state index in [0.29, 0.717) is 11.7 Å². The van der Waals surface area contributed by atoms with Crippen molar-refractivity contribution in [3.63, 3.8) is 0 Å². The van der Waals surface area contributed by atoms with Crippen LogP contribution in [0.4, 0.5) is 4.39 Å². The van der Waals surface area contributed by atoms with Crippen molar-refractivity contribution in [2.24, 2.45) is 0 Å². The second kappa shape index (κ2) is 7.58. The highest BCUT2D eigenvalue weighted by molar-refractivity contribution is 7.99. The van der Waals surface area contributed by atoms with Gasteiger partial charge in [-0.3, -0.25) is 0 Å². The number of aryl methyl sites for hydroxylation is 2. The molecule has 1 saturated heterocycles. The first-order chi connectivity index (χ1) is 12.3. The van der Waals surface area contributed by atoms with Crippen LogP contribution >= 0.6 is 11.8 Å². The lowest BCUT2D eigenvalue weighted by Gasteiger charge is -2.22. The molecule has 0 saturated carbocycles. The van der Waals surface area contributed by atoms with Crippen molar-refractivity contribution in [2.45, 2.75) is 36.2 Å². The van der Waals surface area contributed by atoms with E-state index >= 15 is 0 Å². The molecule has 1 aliphatic rings. The second-order valence-electron chi connectivity index (χ2n) is 6.44. The Balaban J connectivity index is 1.61. The molecule has 4 rings (SSSR count). The van der Waals surface area contributed by atoms with E-state index in [1.54, 1.807) is 6.07 Å². The Morgan fingerprint density at radius 3 is 2.68 bits per heavy atom. The zero-order valence-electron chi connectivity index (χ0n) is 14.1. The summed E-state index contributed by atoms with van der Waals surface area (Å²) in [5.74, 6) is -0.125. The molecule has 3 aromatic rings. The summed E-state index contributed by atoms with van der Waals surface area (Å²) in [6.07, 6.45) is 3.01. The SMILES string of the molecule is Fc1ccccc1CCn1c(SC2CCNCC2)nc2ccccc21. The average molecular weight is 355 g/mol. The van der Waals surface area contributed by atoms with Crippen LogP contribution in [0.3, 0.4) is 0 Å². The quantitative estimate of drug-likeness (QED) is 0.741. The Hall–Kier alpha value is -1.85. The largest absolute Gasteiger partial charge is 0.319 e. The lowest BCUT2D eigenvalue weighted by Crippen LogP contribution is -2.29. The molecule has 0 spiro atoms. The summed E-state index contributed by atoms with van der Waals surface area (Å²) in [4.78, 5) is 4.85. The third-order valence-electron chi connectivity index (χ3n) is 4.74. The van der Waals surface area contributed by atoms with Gasteiger partial charge in [-0.1, -0.05) is 42.1 Å². The number of hydrogen-bond acceptors (Lipinski definition) is 3. The summed E-state index contributed by atoms with van der Waals surface area (Å²) in [6, 6.07) is 15.3. The predicted molar refractivity (Wildman–Crippen MR) is 102 cm³/mol. The highest BCUT2D eigenvalue weighted by atomic mass is 32.2. The molecule has 0 bridgehead atoms. The van der Waals surface area contributed by atoms with Crippen LogP contribution < -0.4 is 5.32 Å². The van der Waals surface area contributed by atoms with Gasteiger partial charge in [-0.05, 0) is 56.1 Å². The van der Waals surface area contributed by atoms with Crippen molar-refractivity contribution >= 4 is 22.8 Å². The van der Waals surface area contributed by atoms with Gasteiger partial charge >= 0.3 is 0 Å². The third kappa shape index (κ3) is 3.72. The first kappa shape index (κ1) is 16.6. The van der Waals surface area contributed by atoms with E-state index in [1.807, 2.05) is 36.0 Å². The molecule has 0 radical (unpaired) electrons. The van der Waals surface area contributed by atoms with Gasteiger partial charge < -0.3 is 9.88 Å². The molecule has 5 heteroatoms. The van der Waals surface area contributed by atoms with Gasteiger partial charge in [-0.15, -0.1) is 0 Å². The lowest BCUT2D eigenvalue weighted by molar-refractivity contribution is 0.529. The van der Waals surface area contributed by atoms with Crippen molar-refractivity contribution in [1.82, 2.24) is 14.9 Å². The highest BCUT2D eigenvalue weighted by Gasteiger charge is 2.19. The van der Waals surface area contributed by atoms with Crippen LogP contribution in [0.25, 0.3) is 11.0 Å². The van der Waals surface area contributed by atoms with E-state index in [4.69, 9.17) is 4.98 Å². The van der Waals surface area contributed by atoms with Crippen molar-refractivity contribution in [2.75, 3.05) is 13.1 Å². The molecule has 1 fully saturated rings. The average Bonchev–Trinajstić information content (AvgIpc) is 2.99. The highest BCUT2D eigenvalue weighted by Crippen LogP contribution is 2.31. The topological polar surface area (TPSA) is 29.9 Å². The molecular weight excluding hydrogens is 333 g/mol. The molecule has 0 atom stereocenters. The number of rotatable bonds is 5. The maximum atomic E-state index is 14.0. The second-order valence-corrected chi connectivity index (χ2v) is 7.71. The summed E-state index contributed by atoms with van der Waals surface area (Å²) in [5, 5.41) is 5.07. The zero-order valence-corrected chi connectivity index (χ0v) is 14.9. The predicted octanol–water partition coefficient (Wildman–Crippen LogP) is 4.26. The van der Waals surface area contributed by atoms with Gasteiger partial charge in [0.25, 0.3) is 0 Å². The molecule has 1 aromatic heterocycles. The fraction of sp³-hybridized carbons (Fsp3) is 0.350. The summed E-state index contributed by atoms with van der Waals surface area (Å²) in [5.41, 5.74) is 2.92. The van der Waals surface area contributed by atoms with E-state index in [1.165, 1.54) is 18.9 Å². The molecule has 1 N–H and O–H groups in total. The number of para-hydroxylation sites is 2. The third-order valence-corrected chi connectivity index (χ3v) is 6.07. The van der Waals surface area contributed by atoms with Gasteiger partial charge in [0.05, 0.1) is 11.0 Å². The van der Waals surface area contributed by atoms with Gasteiger partial charge in [0.2, 0.25) is 0 Å². The first-order valence-corrected chi connectivity index (χ1v) is 9.75. The number of fused-ring (bicyclic) bond motifs is 1. The van der Waals surface area contributed by atoms with E-state index < -0.39 is 0 Å². The van der Waals surface area contributed by atoms with Crippen molar-refractivity contribution in [3.8, 4) is 0 Å². The lowest BCUT2D eigenvalue weighted by atomic mass is 10.1. The Morgan fingerprint density at radius 2 is 1.84 bits per heavy atom. The minimum atomic E-state index is -0.125. The zero-order chi connectivity index (χ0) is 17.1. The van der Waals surface area contributed by atoms with Crippen molar-refractivity contribution < 1.29 is 4.39 Å². The first-order valence-electron chi connectivity index (χ1n) is 8.87. The van der Waals surface area contributed by atoms with Crippen LogP contribution in [0.2, 0.25) is 0 Å². The maximum absolute atomic E-state index is 14.0. The molecule has 3 nitrogen and oxygen atoms in total. The number of nitrogens with zero attached hydrogens (tertiary/aromatic N) is 2. The summed E-state index contributed by atoms with van der Waals surface area (Å²) in [7, 11) is 0. The summed E-state index contributed by atoms with van der Waals surface area (Å²) >= 11 is 1.87. The number of halogens is 1. The van der Waals surface area contributed by atoms with E-state index in [-0.39, 0.29) is 5.82 Å². The standard InChI is InChI=1S/C20H22FN3S/c21-17-6-2-1-5-15(17)11-14-24-19-8-4-3-7-18(19)23-20(24)25-16-9-12-22-13-10-16/h1-8,16,22H,9-14H2. The monoisotopic (exact) mass is 355 g/mol. The number of hydrogen-bond donors (Lipinski definition) is 1. The molecule has 2 aromatic carbocycles. The van der Waals surface area contributed by atoms with Gasteiger partial charge in [-0.25, -0.2) is 9.37 Å². The number of imidazole rings is 1. The Labute approximate surface area is 151 Å². The van der Waals surface area contributed by atoms with Gasteiger partial charge in [-0.2, -0.15) is 0 Å². The number of benzene rings is 2. The fourth-order valence-corrected chi connectivity index (χ4v) is 4.59. The fourth-order valence-electron chi connectivity index (χ4n) is 3.36. The van der Waals surface area contributed by atoms with Crippen molar-refractivity contribution in [3.05, 3.63) is 59.9 Å². The van der Waals surface area contributed by atoms with Gasteiger partial charge in [0.15, 0.2) is 5.16 Å². The molecule has 0 aliphatic carbocycles. The van der Waals surface area contributed by atoms with Gasteiger partial charge in [0, 0.05) is 11.8 Å². The molecular formula is C20H22FN3S. The molecule has 130 valence electrons. The molecule has 2 heterocycles. The summed E-state index contributed by atoms with van der Waals surface area (Å²) < 4.78 is 16.2. The summed E-state index contributed by atoms with van der Waals surface area (Å²) in [6.45, 7) is 2.90. The van der Waals surface area contributed by atoms with Crippen LogP contribution in [0.1, 0.15) is 18.4 Å². The van der Waals surface area contributed by atoms with Crippen LogP contribution in [-0.4, -0.2) is 27.9 Å². The normalized spacial score (nSPS) is 15.7. The van der Waals surface area contributed by atoms with E-state index in [9.17, 15) is 4.39 Å². The molecule has 25 heavy (non-hydrogen) atoms. The Morgan fingerprint density at radius 1 is 1.08 bits per heavy atom. The number of nitrogens with one attached hydrogen (secondary N) is 1. The van der Waals surface area contributed by atoms with Crippen LogP contribution in [-0.2, 0) is 13.0 Å². The van der Waals surface area contributed by atoms with Crippen molar-refractivity contribution in [1.29, 1.82) is 0 Å². The molecule has 0 unspecified atom stereocenters. The van der Waals surface area contributed by atoms with Crippen LogP contribution in [0.15, 0.2) is 53.7 Å². The smallest absolute Gasteiger partial charge is 0.169 e. The maximum Gasteiger partial charge on any atom is 0.169 e. The number of aromatic nitrogens is 2. The van der Waals surface area contributed by atoms with Gasteiger partial charge in [0.1, 0.15) is 5.82 Å². The van der Waals surface area contributed by atoms with E-state index in [0.717, 1.165) is 41.4 Å². The van der Waals surface area contributed by atoms with Crippen LogP contribution in [0, 0.1) is 5.82 Å².